The van der Waals surface area contributed by atoms with Gasteiger partial charge in [-0.25, -0.2) is 4.79 Å². The zero-order valence-corrected chi connectivity index (χ0v) is 20.3. The van der Waals surface area contributed by atoms with Crippen LogP contribution in [0.3, 0.4) is 0 Å². The van der Waals surface area contributed by atoms with Crippen LogP contribution in [0.4, 0.5) is 0 Å². The molecule has 0 unspecified atom stereocenters. The maximum Gasteiger partial charge on any atom is 0.344 e. The van der Waals surface area contributed by atoms with E-state index in [1.807, 2.05) is 32.9 Å². The van der Waals surface area contributed by atoms with Crippen molar-refractivity contribution >= 4 is 5.97 Å². The van der Waals surface area contributed by atoms with Crippen LogP contribution in [-0.2, 0) is 22.4 Å². The molecule has 1 aromatic rings. The second-order valence-electron chi connectivity index (χ2n) is 10.8. The van der Waals surface area contributed by atoms with E-state index >= 15 is 0 Å². The van der Waals surface area contributed by atoms with Crippen molar-refractivity contribution in [1.82, 2.24) is 0 Å². The predicted molar refractivity (Wildman–Crippen MR) is 126 cm³/mol. The van der Waals surface area contributed by atoms with Gasteiger partial charge >= 0.3 is 5.97 Å². The first-order valence-electron chi connectivity index (χ1n) is 12.5. The molecule has 0 bridgehead atoms. The summed E-state index contributed by atoms with van der Waals surface area (Å²) >= 11 is 0. The minimum absolute atomic E-state index is 0.0943. The molecule has 1 aromatic carbocycles. The third kappa shape index (κ3) is 6.71. The number of benzene rings is 1. The average Bonchev–Trinajstić information content (AvgIpc) is 3.02. The Bertz CT molecular complexity index is 753. The molecule has 2 aliphatic rings. The summed E-state index contributed by atoms with van der Waals surface area (Å²) in [6.07, 6.45) is 8.01. The van der Waals surface area contributed by atoms with Crippen molar-refractivity contribution in [2.24, 2.45) is 17.8 Å². The molecule has 5 heteroatoms. The van der Waals surface area contributed by atoms with Crippen LogP contribution in [0, 0.1) is 17.8 Å². The van der Waals surface area contributed by atoms with Crippen LogP contribution in [0.15, 0.2) is 18.2 Å². The van der Waals surface area contributed by atoms with Gasteiger partial charge in [0.1, 0.15) is 11.4 Å². The first-order chi connectivity index (χ1) is 15.2. The van der Waals surface area contributed by atoms with Gasteiger partial charge in [-0.1, -0.05) is 38.3 Å². The van der Waals surface area contributed by atoms with Crippen LogP contribution in [0.5, 0.6) is 5.75 Å². The van der Waals surface area contributed by atoms with Gasteiger partial charge in [-0.05, 0) is 94.2 Å². The Labute approximate surface area is 193 Å². The fourth-order valence-electron chi connectivity index (χ4n) is 5.61. The molecule has 1 fully saturated rings. The fraction of sp³-hybridized carbons (Fsp3) is 0.741. The van der Waals surface area contributed by atoms with Crippen LogP contribution >= 0.6 is 0 Å². The Kier molecular flexibility index (Phi) is 8.62. The van der Waals surface area contributed by atoms with Gasteiger partial charge in [0.2, 0.25) is 0 Å². The van der Waals surface area contributed by atoms with E-state index in [-0.39, 0.29) is 30.7 Å². The first-order valence-corrected chi connectivity index (χ1v) is 12.5. The summed E-state index contributed by atoms with van der Waals surface area (Å²) in [5.74, 6) is 1.52. The number of esters is 1. The maximum atomic E-state index is 12.1. The summed E-state index contributed by atoms with van der Waals surface area (Å²) < 4.78 is 11.2. The number of rotatable bonds is 10. The average molecular weight is 447 g/mol. The van der Waals surface area contributed by atoms with Crippen molar-refractivity contribution in [3.63, 3.8) is 0 Å². The molecule has 2 aliphatic carbocycles. The molecule has 0 saturated heterocycles. The molecule has 5 nitrogen and oxygen atoms in total. The summed E-state index contributed by atoms with van der Waals surface area (Å²) in [4.78, 5) is 12.1. The Hall–Kier alpha value is -1.59. The summed E-state index contributed by atoms with van der Waals surface area (Å²) in [7, 11) is 0. The largest absolute Gasteiger partial charge is 0.482 e. The zero-order chi connectivity index (χ0) is 23.3. The monoisotopic (exact) mass is 446 g/mol. The molecule has 32 heavy (non-hydrogen) atoms. The Morgan fingerprint density at radius 3 is 2.69 bits per heavy atom. The highest BCUT2D eigenvalue weighted by Gasteiger charge is 2.44. The molecule has 0 aliphatic heterocycles. The lowest BCUT2D eigenvalue weighted by molar-refractivity contribution is -0.157. The zero-order valence-electron chi connectivity index (χ0n) is 20.3. The van der Waals surface area contributed by atoms with E-state index in [2.05, 4.69) is 13.0 Å². The summed E-state index contributed by atoms with van der Waals surface area (Å²) in [5.41, 5.74) is 1.91. The Morgan fingerprint density at radius 2 is 1.97 bits per heavy atom. The normalized spacial score (nSPS) is 25.7. The number of aliphatic hydroxyl groups excluding tert-OH is 2. The molecule has 180 valence electrons. The molecule has 5 atom stereocenters. The van der Waals surface area contributed by atoms with E-state index in [0.717, 1.165) is 50.7 Å². The number of carbonyl (C=O) groups is 1. The lowest BCUT2D eigenvalue weighted by Crippen LogP contribution is -2.29. The third-order valence-electron chi connectivity index (χ3n) is 7.09. The minimum Gasteiger partial charge on any atom is -0.482 e. The maximum absolute atomic E-state index is 12.1. The van der Waals surface area contributed by atoms with Crippen molar-refractivity contribution in [3.05, 3.63) is 29.3 Å². The molecule has 0 amide bonds. The number of carbonyl (C=O) groups excluding carboxylic acids is 1. The molecule has 0 spiro atoms. The van der Waals surface area contributed by atoms with Crippen molar-refractivity contribution in [2.75, 3.05) is 6.61 Å². The molecule has 0 radical (unpaired) electrons. The first kappa shape index (κ1) is 25.0. The fourth-order valence-corrected chi connectivity index (χ4v) is 5.61. The second-order valence-corrected chi connectivity index (χ2v) is 10.8. The van der Waals surface area contributed by atoms with Crippen LogP contribution in [-0.4, -0.2) is 40.6 Å². The number of hydrogen-bond donors (Lipinski definition) is 2. The van der Waals surface area contributed by atoms with Crippen LogP contribution < -0.4 is 4.74 Å². The van der Waals surface area contributed by atoms with Gasteiger partial charge in [-0.15, -0.1) is 0 Å². The Morgan fingerprint density at radius 1 is 1.19 bits per heavy atom. The molecular formula is C27H42O5. The van der Waals surface area contributed by atoms with E-state index in [0.29, 0.717) is 11.8 Å². The number of fused-ring (bicyclic) bond motifs is 2. The number of ether oxygens (including phenoxy) is 2. The topological polar surface area (TPSA) is 76.0 Å². The number of hydrogen-bond acceptors (Lipinski definition) is 5. The van der Waals surface area contributed by atoms with Crippen molar-refractivity contribution in [2.45, 2.75) is 103 Å². The molecule has 0 heterocycles. The van der Waals surface area contributed by atoms with Crippen molar-refractivity contribution in [3.8, 4) is 5.75 Å². The molecule has 1 saturated carbocycles. The molecular weight excluding hydrogens is 404 g/mol. The van der Waals surface area contributed by atoms with E-state index in [9.17, 15) is 15.0 Å². The van der Waals surface area contributed by atoms with Crippen LogP contribution in [0.25, 0.3) is 0 Å². The lowest BCUT2D eigenvalue weighted by atomic mass is 9.73. The highest BCUT2D eigenvalue weighted by atomic mass is 16.6. The van der Waals surface area contributed by atoms with Crippen molar-refractivity contribution < 1.29 is 24.5 Å². The van der Waals surface area contributed by atoms with Gasteiger partial charge in [-0.2, -0.15) is 0 Å². The van der Waals surface area contributed by atoms with Crippen LogP contribution in [0.2, 0.25) is 0 Å². The minimum atomic E-state index is -0.525. The van der Waals surface area contributed by atoms with Crippen molar-refractivity contribution in [1.29, 1.82) is 0 Å². The quantitative estimate of drug-likeness (QED) is 0.397. The molecule has 0 aromatic heterocycles. The Balaban J connectivity index is 1.60. The summed E-state index contributed by atoms with van der Waals surface area (Å²) in [5, 5.41) is 21.2. The standard InChI is InChI=1S/C27H42O5/c1-5-6-7-10-20(28)12-13-21-22-14-18-9-8-11-25(23(18)15-19(22)16-24(21)29)31-17-26(30)32-27(2,3)4/h8-9,11,19-22,24,28-29H,5-7,10,12-17H2,1-4H3/t19-,20+,21+,22-,24+/m0/s1. The van der Waals surface area contributed by atoms with Gasteiger partial charge in [0.25, 0.3) is 0 Å². The SMILES string of the molecule is CCCCC[C@@H](O)CC[C@@H]1[C@H]2Cc3cccc(OCC(=O)OC(C)(C)C)c3C[C@H]2C[C@H]1O. The predicted octanol–water partition coefficient (Wildman–Crippen LogP) is 4.84. The van der Waals surface area contributed by atoms with Gasteiger partial charge in [-0.3, -0.25) is 0 Å². The lowest BCUT2D eigenvalue weighted by Gasteiger charge is -2.32. The summed E-state index contributed by atoms with van der Waals surface area (Å²) in [6, 6.07) is 6.06. The van der Waals surface area contributed by atoms with Gasteiger partial charge in [0, 0.05) is 0 Å². The van der Waals surface area contributed by atoms with Gasteiger partial charge in [0.15, 0.2) is 6.61 Å². The number of unbranched alkanes of at least 4 members (excludes halogenated alkanes) is 2. The van der Waals surface area contributed by atoms with E-state index in [1.165, 1.54) is 24.0 Å². The highest BCUT2D eigenvalue weighted by molar-refractivity contribution is 5.71. The van der Waals surface area contributed by atoms with Crippen LogP contribution in [0.1, 0.15) is 83.8 Å². The van der Waals surface area contributed by atoms with E-state index in [4.69, 9.17) is 9.47 Å². The smallest absolute Gasteiger partial charge is 0.344 e. The summed E-state index contributed by atoms with van der Waals surface area (Å²) in [6.45, 7) is 7.63. The molecule has 2 N–H and O–H groups in total. The highest BCUT2D eigenvalue weighted by Crippen LogP contribution is 2.48. The number of aliphatic hydroxyl groups is 2. The second kappa shape index (κ2) is 11.0. The van der Waals surface area contributed by atoms with Gasteiger partial charge in [0.05, 0.1) is 12.2 Å². The van der Waals surface area contributed by atoms with Gasteiger partial charge < -0.3 is 19.7 Å². The molecule has 3 rings (SSSR count). The third-order valence-corrected chi connectivity index (χ3v) is 7.09. The van der Waals surface area contributed by atoms with E-state index in [1.54, 1.807) is 0 Å². The van der Waals surface area contributed by atoms with E-state index < -0.39 is 5.60 Å².